The lowest BCUT2D eigenvalue weighted by molar-refractivity contribution is -0.120. The van der Waals surface area contributed by atoms with Crippen molar-refractivity contribution in [2.24, 2.45) is 5.92 Å². The third-order valence-electron chi connectivity index (χ3n) is 4.07. The molecule has 0 aromatic carbocycles. The highest BCUT2D eigenvalue weighted by atomic mass is 16.5. The van der Waals surface area contributed by atoms with Crippen LogP contribution < -0.4 is 5.32 Å². The van der Waals surface area contributed by atoms with E-state index < -0.39 is 0 Å². The summed E-state index contributed by atoms with van der Waals surface area (Å²) in [5.74, 6) is 0.924. The van der Waals surface area contributed by atoms with Crippen LogP contribution in [0.25, 0.3) is 0 Å². The van der Waals surface area contributed by atoms with E-state index in [0.717, 1.165) is 37.6 Å². The lowest BCUT2D eigenvalue weighted by Gasteiger charge is -2.15. The summed E-state index contributed by atoms with van der Waals surface area (Å²) in [5, 5.41) is 7.60. The molecule has 5 heteroatoms. The number of hydrogen-bond acceptors (Lipinski definition) is 3. The van der Waals surface area contributed by atoms with Crippen molar-refractivity contribution in [2.45, 2.75) is 52.2 Å². The molecule has 2 aliphatic rings. The lowest BCUT2D eigenvalue weighted by Crippen LogP contribution is -2.23. The van der Waals surface area contributed by atoms with Crippen LogP contribution in [0, 0.1) is 5.92 Å². The zero-order chi connectivity index (χ0) is 13.9. The average molecular weight is 277 g/mol. The summed E-state index contributed by atoms with van der Waals surface area (Å²) in [7, 11) is 0. The fourth-order valence-corrected chi connectivity index (χ4v) is 2.79. The van der Waals surface area contributed by atoms with Gasteiger partial charge in [-0.05, 0) is 25.7 Å². The number of nitrogens with one attached hydrogen (secondary N) is 1. The molecule has 1 aromatic heterocycles. The van der Waals surface area contributed by atoms with Crippen LogP contribution in [0.5, 0.6) is 0 Å². The Morgan fingerprint density at radius 1 is 1.50 bits per heavy atom. The molecule has 5 nitrogen and oxygen atoms in total. The Morgan fingerprint density at radius 3 is 3.10 bits per heavy atom. The minimum atomic E-state index is 0.106. The van der Waals surface area contributed by atoms with E-state index in [2.05, 4.69) is 10.00 Å². The van der Waals surface area contributed by atoms with E-state index in [0.29, 0.717) is 19.6 Å². The van der Waals surface area contributed by atoms with Gasteiger partial charge >= 0.3 is 0 Å². The highest BCUT2D eigenvalue weighted by molar-refractivity contribution is 5.76. The molecule has 110 valence electrons. The van der Waals surface area contributed by atoms with E-state index in [9.17, 15) is 4.79 Å². The topological polar surface area (TPSA) is 56.2 Å². The van der Waals surface area contributed by atoms with Crippen LogP contribution in [0.3, 0.4) is 0 Å². The number of carbonyl (C=O) groups is 1. The molecule has 0 radical (unpaired) electrons. The van der Waals surface area contributed by atoms with E-state index in [1.54, 1.807) is 0 Å². The molecule has 20 heavy (non-hydrogen) atoms. The number of aryl methyl sites for hydroxylation is 1. The highest BCUT2D eigenvalue weighted by Crippen LogP contribution is 2.32. The first-order chi connectivity index (χ1) is 9.78. The number of ether oxygens (including phenoxy) is 1. The average Bonchev–Trinajstić information content (AvgIpc) is 3.20. The van der Waals surface area contributed by atoms with Crippen LogP contribution in [0.2, 0.25) is 0 Å². The lowest BCUT2D eigenvalue weighted by atomic mass is 10.1. The molecule has 0 atom stereocenters. The molecule has 0 spiro atoms. The number of hydrogen-bond donors (Lipinski definition) is 1. The van der Waals surface area contributed by atoms with Crippen LogP contribution in [-0.4, -0.2) is 28.8 Å². The Morgan fingerprint density at radius 2 is 2.35 bits per heavy atom. The molecule has 1 amide bonds. The van der Waals surface area contributed by atoms with Gasteiger partial charge in [-0.15, -0.1) is 0 Å². The maximum absolute atomic E-state index is 11.6. The number of rotatable bonds is 6. The van der Waals surface area contributed by atoms with Gasteiger partial charge in [-0.2, -0.15) is 5.10 Å². The van der Waals surface area contributed by atoms with E-state index >= 15 is 0 Å². The van der Waals surface area contributed by atoms with E-state index in [4.69, 9.17) is 9.84 Å². The van der Waals surface area contributed by atoms with E-state index in [1.165, 1.54) is 24.1 Å². The second-order valence-corrected chi connectivity index (χ2v) is 5.75. The first kappa shape index (κ1) is 13.6. The van der Waals surface area contributed by atoms with Gasteiger partial charge < -0.3 is 10.1 Å². The third-order valence-corrected chi connectivity index (χ3v) is 4.07. The summed E-state index contributed by atoms with van der Waals surface area (Å²) < 4.78 is 7.75. The fourth-order valence-electron chi connectivity index (χ4n) is 2.79. The molecule has 0 saturated heterocycles. The van der Waals surface area contributed by atoms with Gasteiger partial charge in [0.25, 0.3) is 0 Å². The SMILES string of the molecule is CCNC(=O)CCc1nn(CC2CC2)c2c1COCC2. The van der Waals surface area contributed by atoms with Crippen molar-refractivity contribution >= 4 is 5.91 Å². The Balaban J connectivity index is 1.72. The molecule has 1 aliphatic carbocycles. The van der Waals surface area contributed by atoms with Crippen molar-refractivity contribution < 1.29 is 9.53 Å². The normalized spacial score (nSPS) is 17.9. The second kappa shape index (κ2) is 5.95. The Labute approximate surface area is 119 Å². The number of carbonyl (C=O) groups excluding carboxylic acids is 1. The molecule has 1 aromatic rings. The number of amides is 1. The molecule has 2 heterocycles. The van der Waals surface area contributed by atoms with Gasteiger partial charge in [-0.3, -0.25) is 9.48 Å². The first-order valence-electron chi connectivity index (χ1n) is 7.69. The molecule has 1 N–H and O–H groups in total. The molecular weight excluding hydrogens is 254 g/mol. The largest absolute Gasteiger partial charge is 0.376 e. The molecule has 3 rings (SSSR count). The van der Waals surface area contributed by atoms with Crippen molar-refractivity contribution in [3.05, 3.63) is 17.0 Å². The van der Waals surface area contributed by atoms with Crippen LogP contribution in [0.1, 0.15) is 43.1 Å². The fraction of sp³-hybridized carbons (Fsp3) is 0.733. The van der Waals surface area contributed by atoms with Gasteiger partial charge in [-0.1, -0.05) is 0 Å². The Bertz CT molecular complexity index is 492. The summed E-state index contributed by atoms with van der Waals surface area (Å²) in [6.07, 6.45) is 4.85. The maximum atomic E-state index is 11.6. The van der Waals surface area contributed by atoms with Gasteiger partial charge in [-0.25, -0.2) is 0 Å². The third kappa shape index (κ3) is 3.03. The van der Waals surface area contributed by atoms with Crippen LogP contribution in [-0.2, 0) is 35.5 Å². The summed E-state index contributed by atoms with van der Waals surface area (Å²) in [4.78, 5) is 11.6. The van der Waals surface area contributed by atoms with Gasteiger partial charge in [0.15, 0.2) is 0 Å². The van der Waals surface area contributed by atoms with E-state index in [-0.39, 0.29) is 5.91 Å². The molecule has 1 fully saturated rings. The molecule has 1 aliphatic heterocycles. The van der Waals surface area contributed by atoms with Gasteiger partial charge in [0.1, 0.15) is 0 Å². The predicted molar refractivity (Wildman–Crippen MR) is 75.3 cm³/mol. The zero-order valence-corrected chi connectivity index (χ0v) is 12.2. The van der Waals surface area contributed by atoms with Gasteiger partial charge in [0.2, 0.25) is 5.91 Å². The monoisotopic (exact) mass is 277 g/mol. The predicted octanol–water partition coefficient (Wildman–Crippen LogP) is 1.43. The Kier molecular flexibility index (Phi) is 4.05. The minimum Gasteiger partial charge on any atom is -0.376 e. The quantitative estimate of drug-likeness (QED) is 0.856. The highest BCUT2D eigenvalue weighted by Gasteiger charge is 2.27. The van der Waals surface area contributed by atoms with Crippen LogP contribution >= 0.6 is 0 Å². The Hall–Kier alpha value is -1.36. The maximum Gasteiger partial charge on any atom is 0.220 e. The summed E-state index contributed by atoms with van der Waals surface area (Å²) in [6.45, 7) is 5.13. The number of fused-ring (bicyclic) bond motifs is 1. The number of nitrogens with zero attached hydrogens (tertiary/aromatic N) is 2. The summed E-state index contributed by atoms with van der Waals surface area (Å²) >= 11 is 0. The zero-order valence-electron chi connectivity index (χ0n) is 12.2. The minimum absolute atomic E-state index is 0.106. The standard InChI is InChI=1S/C15H23N3O2/c1-2-16-15(19)6-5-13-12-10-20-8-7-14(12)18(17-13)9-11-3-4-11/h11H,2-10H2,1H3,(H,16,19). The van der Waals surface area contributed by atoms with Crippen molar-refractivity contribution in [1.82, 2.24) is 15.1 Å². The summed E-state index contributed by atoms with van der Waals surface area (Å²) in [5.41, 5.74) is 3.64. The van der Waals surface area contributed by atoms with Crippen molar-refractivity contribution in [2.75, 3.05) is 13.2 Å². The van der Waals surface area contributed by atoms with Gasteiger partial charge in [0, 0.05) is 43.6 Å². The molecular formula is C15H23N3O2. The van der Waals surface area contributed by atoms with Crippen LogP contribution in [0.15, 0.2) is 0 Å². The number of aromatic nitrogens is 2. The smallest absolute Gasteiger partial charge is 0.220 e. The second-order valence-electron chi connectivity index (χ2n) is 5.75. The molecule has 0 unspecified atom stereocenters. The summed E-state index contributed by atoms with van der Waals surface area (Å²) in [6, 6.07) is 0. The van der Waals surface area contributed by atoms with Crippen LogP contribution in [0.4, 0.5) is 0 Å². The molecule has 1 saturated carbocycles. The van der Waals surface area contributed by atoms with Crippen molar-refractivity contribution in [3.63, 3.8) is 0 Å². The molecule has 0 bridgehead atoms. The van der Waals surface area contributed by atoms with Gasteiger partial charge in [0.05, 0.1) is 18.9 Å². The van der Waals surface area contributed by atoms with Crippen molar-refractivity contribution in [3.8, 4) is 0 Å². The first-order valence-corrected chi connectivity index (χ1v) is 7.69. The van der Waals surface area contributed by atoms with E-state index in [1.807, 2.05) is 6.92 Å². The van der Waals surface area contributed by atoms with Crippen molar-refractivity contribution in [1.29, 1.82) is 0 Å².